The van der Waals surface area contributed by atoms with Gasteiger partial charge in [-0.15, -0.1) is 0 Å². The third-order valence-corrected chi connectivity index (χ3v) is 3.57. The van der Waals surface area contributed by atoms with Crippen molar-refractivity contribution in [3.8, 4) is 6.07 Å². The third-order valence-electron chi connectivity index (χ3n) is 3.24. The lowest BCUT2D eigenvalue weighted by molar-refractivity contribution is -0.137. The number of nitrogens with zero attached hydrogens (tertiary/aromatic N) is 1. The fourth-order valence-electron chi connectivity index (χ4n) is 2.04. The van der Waals surface area contributed by atoms with Gasteiger partial charge in [-0.1, -0.05) is 17.7 Å². The first-order chi connectivity index (χ1) is 11.8. The van der Waals surface area contributed by atoms with Crippen molar-refractivity contribution < 1.29 is 18.0 Å². The summed E-state index contributed by atoms with van der Waals surface area (Å²) in [6.45, 7) is 0.102. The summed E-state index contributed by atoms with van der Waals surface area (Å²) in [6.07, 6.45) is -4.45. The van der Waals surface area contributed by atoms with Crippen molar-refractivity contribution in [2.75, 3.05) is 17.2 Å². The molecule has 0 fully saturated rings. The molecular weight excluding hydrogens is 355 g/mol. The zero-order chi connectivity index (χ0) is 18.4. The summed E-state index contributed by atoms with van der Waals surface area (Å²) in [5.41, 5.74) is 0.167. The van der Waals surface area contributed by atoms with Gasteiger partial charge in [0.15, 0.2) is 0 Å². The van der Waals surface area contributed by atoms with Gasteiger partial charge >= 0.3 is 6.18 Å². The number of alkyl halides is 3. The Labute approximate surface area is 147 Å². The molecule has 0 saturated heterocycles. The Morgan fingerprint density at radius 3 is 2.64 bits per heavy atom. The molecular formula is C17H13ClF3N3O. The molecule has 0 aliphatic carbocycles. The molecule has 0 heterocycles. The Kier molecular flexibility index (Phi) is 5.88. The van der Waals surface area contributed by atoms with Crippen LogP contribution in [-0.4, -0.2) is 12.5 Å². The highest BCUT2D eigenvalue weighted by molar-refractivity contribution is 6.33. The van der Waals surface area contributed by atoms with Crippen molar-refractivity contribution in [3.05, 3.63) is 58.6 Å². The fraction of sp³-hybridized carbons (Fsp3) is 0.176. The molecule has 2 aromatic carbocycles. The molecule has 0 spiro atoms. The van der Waals surface area contributed by atoms with Crippen LogP contribution in [0.15, 0.2) is 42.5 Å². The summed E-state index contributed by atoms with van der Waals surface area (Å²) in [4.78, 5) is 11.9. The van der Waals surface area contributed by atoms with Crippen molar-refractivity contribution in [1.29, 1.82) is 5.26 Å². The Morgan fingerprint density at radius 2 is 1.96 bits per heavy atom. The quantitative estimate of drug-likeness (QED) is 0.807. The van der Waals surface area contributed by atoms with E-state index in [0.29, 0.717) is 11.3 Å². The Morgan fingerprint density at radius 1 is 1.20 bits per heavy atom. The molecule has 0 aliphatic heterocycles. The molecule has 1 amide bonds. The van der Waals surface area contributed by atoms with E-state index in [4.69, 9.17) is 16.9 Å². The molecule has 0 atom stereocenters. The zero-order valence-electron chi connectivity index (χ0n) is 12.8. The van der Waals surface area contributed by atoms with E-state index in [-0.39, 0.29) is 29.6 Å². The average molecular weight is 368 g/mol. The largest absolute Gasteiger partial charge is 0.416 e. The van der Waals surface area contributed by atoms with Gasteiger partial charge in [0.25, 0.3) is 0 Å². The van der Waals surface area contributed by atoms with Crippen LogP contribution >= 0.6 is 11.6 Å². The number of halogens is 4. The van der Waals surface area contributed by atoms with Gasteiger partial charge in [0.2, 0.25) is 5.91 Å². The van der Waals surface area contributed by atoms with E-state index in [1.165, 1.54) is 6.07 Å². The van der Waals surface area contributed by atoms with Crippen molar-refractivity contribution in [2.45, 2.75) is 12.6 Å². The van der Waals surface area contributed by atoms with Crippen LogP contribution in [0.25, 0.3) is 0 Å². The molecule has 2 rings (SSSR count). The van der Waals surface area contributed by atoms with Crippen LogP contribution in [0.4, 0.5) is 24.5 Å². The van der Waals surface area contributed by atoms with E-state index < -0.39 is 11.7 Å². The van der Waals surface area contributed by atoms with E-state index in [1.807, 2.05) is 6.07 Å². The maximum absolute atomic E-state index is 12.7. The van der Waals surface area contributed by atoms with Gasteiger partial charge in [0.1, 0.15) is 0 Å². The van der Waals surface area contributed by atoms with Crippen LogP contribution in [0.1, 0.15) is 17.5 Å². The molecule has 0 saturated carbocycles. The number of nitrogens with one attached hydrogen (secondary N) is 2. The lowest BCUT2D eigenvalue weighted by Gasteiger charge is -2.12. The molecule has 0 aliphatic rings. The van der Waals surface area contributed by atoms with E-state index >= 15 is 0 Å². The first kappa shape index (κ1) is 18.6. The highest BCUT2D eigenvalue weighted by atomic mass is 35.5. The highest BCUT2D eigenvalue weighted by Crippen LogP contribution is 2.33. The highest BCUT2D eigenvalue weighted by Gasteiger charge is 2.30. The number of amides is 1. The number of hydrogen-bond donors (Lipinski definition) is 2. The topological polar surface area (TPSA) is 64.9 Å². The van der Waals surface area contributed by atoms with Gasteiger partial charge < -0.3 is 10.6 Å². The second-order valence-electron chi connectivity index (χ2n) is 5.11. The van der Waals surface area contributed by atoms with Gasteiger partial charge in [-0.05, 0) is 36.4 Å². The molecule has 0 bridgehead atoms. The number of carbonyl (C=O) groups is 1. The normalized spacial score (nSPS) is 10.8. The second kappa shape index (κ2) is 7.90. The summed E-state index contributed by atoms with van der Waals surface area (Å²) in [6, 6.07) is 11.3. The molecule has 8 heteroatoms. The molecule has 0 unspecified atom stereocenters. The van der Waals surface area contributed by atoms with Crippen LogP contribution in [0.5, 0.6) is 0 Å². The van der Waals surface area contributed by atoms with Crippen molar-refractivity contribution in [1.82, 2.24) is 0 Å². The molecule has 0 radical (unpaired) electrons. The summed E-state index contributed by atoms with van der Waals surface area (Å²) >= 11 is 5.86. The molecule has 2 N–H and O–H groups in total. The minimum Gasteiger partial charge on any atom is -0.383 e. The summed E-state index contributed by atoms with van der Waals surface area (Å²) in [5, 5.41) is 14.3. The SMILES string of the molecule is N#Cc1cccc(NC(=O)CCNc2cc(C(F)(F)F)ccc2Cl)c1. The summed E-state index contributed by atoms with van der Waals surface area (Å²) in [7, 11) is 0. The third kappa shape index (κ3) is 5.40. The minimum absolute atomic E-state index is 0.0172. The smallest absolute Gasteiger partial charge is 0.383 e. The first-order valence-corrected chi connectivity index (χ1v) is 7.58. The first-order valence-electron chi connectivity index (χ1n) is 7.20. The van der Waals surface area contributed by atoms with Crippen molar-refractivity contribution >= 4 is 28.9 Å². The van der Waals surface area contributed by atoms with Crippen LogP contribution in [-0.2, 0) is 11.0 Å². The van der Waals surface area contributed by atoms with Gasteiger partial charge in [0.05, 0.1) is 27.9 Å². The number of benzene rings is 2. The fourth-order valence-corrected chi connectivity index (χ4v) is 2.22. The number of nitriles is 1. The number of rotatable bonds is 5. The Balaban J connectivity index is 1.92. The maximum atomic E-state index is 12.7. The van der Waals surface area contributed by atoms with Crippen molar-refractivity contribution in [3.63, 3.8) is 0 Å². The standard InChI is InChI=1S/C17H13ClF3N3O/c18-14-5-4-12(17(19,20)21)9-15(14)23-7-6-16(25)24-13-3-1-2-11(8-13)10-22/h1-5,8-9,23H,6-7H2,(H,24,25). The molecule has 130 valence electrons. The minimum atomic E-state index is -4.47. The van der Waals surface area contributed by atoms with Crippen LogP contribution in [0.3, 0.4) is 0 Å². The second-order valence-corrected chi connectivity index (χ2v) is 5.52. The van der Waals surface area contributed by atoms with E-state index in [2.05, 4.69) is 10.6 Å². The van der Waals surface area contributed by atoms with Crippen LogP contribution in [0, 0.1) is 11.3 Å². The van der Waals surface area contributed by atoms with Gasteiger partial charge in [-0.3, -0.25) is 4.79 Å². The average Bonchev–Trinajstić information content (AvgIpc) is 2.55. The predicted molar refractivity (Wildman–Crippen MR) is 89.3 cm³/mol. The Hall–Kier alpha value is -2.72. The molecule has 25 heavy (non-hydrogen) atoms. The predicted octanol–water partition coefficient (Wildman–Crippen LogP) is 4.67. The maximum Gasteiger partial charge on any atom is 0.416 e. The monoisotopic (exact) mass is 367 g/mol. The number of anilines is 2. The van der Waals surface area contributed by atoms with Crippen molar-refractivity contribution in [2.24, 2.45) is 0 Å². The van der Waals surface area contributed by atoms with Gasteiger partial charge in [0, 0.05) is 18.7 Å². The van der Waals surface area contributed by atoms with Gasteiger partial charge in [-0.25, -0.2) is 0 Å². The summed E-state index contributed by atoms with van der Waals surface area (Å²) < 4.78 is 38.1. The van der Waals surface area contributed by atoms with Gasteiger partial charge in [-0.2, -0.15) is 18.4 Å². The van der Waals surface area contributed by atoms with E-state index in [1.54, 1.807) is 18.2 Å². The molecule has 4 nitrogen and oxygen atoms in total. The zero-order valence-corrected chi connectivity index (χ0v) is 13.6. The lowest BCUT2D eigenvalue weighted by Crippen LogP contribution is -2.16. The molecule has 0 aromatic heterocycles. The van der Waals surface area contributed by atoms with Crippen LogP contribution in [0.2, 0.25) is 5.02 Å². The molecule has 2 aromatic rings. The number of carbonyl (C=O) groups excluding carboxylic acids is 1. The van der Waals surface area contributed by atoms with Crippen LogP contribution < -0.4 is 10.6 Å². The van der Waals surface area contributed by atoms with E-state index in [9.17, 15) is 18.0 Å². The van der Waals surface area contributed by atoms with E-state index in [0.717, 1.165) is 18.2 Å². The lowest BCUT2D eigenvalue weighted by atomic mass is 10.2. The summed E-state index contributed by atoms with van der Waals surface area (Å²) in [5.74, 6) is -0.342. The number of hydrogen-bond acceptors (Lipinski definition) is 3. The Bertz CT molecular complexity index is 816.